The number of ether oxygens (including phenoxy) is 1. The number of aryl methyl sites for hydroxylation is 2. The summed E-state index contributed by atoms with van der Waals surface area (Å²) >= 11 is 0. The van der Waals surface area contributed by atoms with Gasteiger partial charge in [-0.05, 0) is 18.6 Å². The maximum absolute atomic E-state index is 12.3. The fraction of sp³-hybridized carbons (Fsp3) is 0.400. The number of piperazine rings is 1. The molecule has 8 nitrogen and oxygen atoms in total. The minimum atomic E-state index is -0.720. The first-order valence-corrected chi connectivity index (χ1v) is 9.19. The first-order chi connectivity index (χ1) is 13.4. The van der Waals surface area contributed by atoms with E-state index in [4.69, 9.17) is 4.74 Å². The summed E-state index contributed by atoms with van der Waals surface area (Å²) in [5.74, 6) is -0.949. The summed E-state index contributed by atoms with van der Waals surface area (Å²) in [4.78, 5) is 39.6. The average molecular weight is 384 g/mol. The number of benzene rings is 1. The first kappa shape index (κ1) is 19.8. The summed E-state index contributed by atoms with van der Waals surface area (Å²) in [5.41, 5.74) is 2.17. The monoisotopic (exact) mass is 384 g/mol. The second-order valence-corrected chi connectivity index (χ2v) is 6.90. The molecule has 148 valence electrons. The fourth-order valence-electron chi connectivity index (χ4n) is 3.13. The van der Waals surface area contributed by atoms with E-state index in [1.54, 1.807) is 4.90 Å². The molecule has 2 aromatic rings. The number of carbonyl (C=O) groups is 2. The Morgan fingerprint density at radius 1 is 1.11 bits per heavy atom. The molecule has 1 amide bonds. The summed E-state index contributed by atoms with van der Waals surface area (Å²) in [6, 6.07) is 10.9. The van der Waals surface area contributed by atoms with E-state index in [-0.39, 0.29) is 23.8 Å². The zero-order valence-electron chi connectivity index (χ0n) is 16.1. The van der Waals surface area contributed by atoms with Crippen molar-refractivity contribution in [3.63, 3.8) is 0 Å². The quantitative estimate of drug-likeness (QED) is 0.702. The Morgan fingerprint density at radius 3 is 2.54 bits per heavy atom. The summed E-state index contributed by atoms with van der Waals surface area (Å²) in [7, 11) is 1.44. The van der Waals surface area contributed by atoms with E-state index in [0.717, 1.165) is 24.3 Å². The summed E-state index contributed by atoms with van der Waals surface area (Å²) in [6.07, 6.45) is 0. The molecule has 1 aromatic heterocycles. The lowest BCUT2D eigenvalue weighted by molar-refractivity contribution is -0.136. The molecule has 3 rings (SSSR count). The molecule has 0 bridgehead atoms. The van der Waals surface area contributed by atoms with Crippen LogP contribution in [0.15, 0.2) is 41.2 Å². The standard InChI is InChI=1S/C20H24N4O4/c1-15-4-3-5-16(12-15)13-23-8-10-24(11-9-23)19(26)14-28-20(27)17-6-7-18(25)22(2)21-17/h3-7,12H,8-11,13-14H2,1-2H3. The molecule has 1 aromatic carbocycles. The Labute approximate surface area is 163 Å². The first-order valence-electron chi connectivity index (χ1n) is 9.19. The zero-order chi connectivity index (χ0) is 20.1. The van der Waals surface area contributed by atoms with Crippen LogP contribution >= 0.6 is 0 Å². The van der Waals surface area contributed by atoms with Crippen LogP contribution in [-0.2, 0) is 23.1 Å². The summed E-state index contributed by atoms with van der Waals surface area (Å²) in [6.45, 7) is 5.34. The molecular weight excluding hydrogens is 360 g/mol. The minimum Gasteiger partial charge on any atom is -0.451 e. The molecule has 1 saturated heterocycles. The van der Waals surface area contributed by atoms with Gasteiger partial charge in [0.2, 0.25) is 0 Å². The van der Waals surface area contributed by atoms with E-state index >= 15 is 0 Å². The largest absolute Gasteiger partial charge is 0.451 e. The molecule has 0 N–H and O–H groups in total. The van der Waals surface area contributed by atoms with Crippen molar-refractivity contribution in [3.8, 4) is 0 Å². The van der Waals surface area contributed by atoms with E-state index < -0.39 is 5.97 Å². The molecule has 8 heteroatoms. The van der Waals surface area contributed by atoms with Crippen LogP contribution in [0, 0.1) is 6.92 Å². The van der Waals surface area contributed by atoms with E-state index in [1.807, 2.05) is 0 Å². The van der Waals surface area contributed by atoms with Gasteiger partial charge in [0.25, 0.3) is 11.5 Å². The van der Waals surface area contributed by atoms with Crippen molar-refractivity contribution in [1.29, 1.82) is 0 Å². The number of esters is 1. The SMILES string of the molecule is Cc1cccc(CN2CCN(C(=O)COC(=O)c3ccc(=O)n(C)n3)CC2)c1. The maximum atomic E-state index is 12.3. The van der Waals surface area contributed by atoms with Crippen LogP contribution in [0.4, 0.5) is 0 Å². The van der Waals surface area contributed by atoms with Gasteiger partial charge in [-0.15, -0.1) is 0 Å². The molecular formula is C20H24N4O4. The second kappa shape index (κ2) is 8.79. The fourth-order valence-corrected chi connectivity index (χ4v) is 3.13. The van der Waals surface area contributed by atoms with Gasteiger partial charge in [0, 0.05) is 45.8 Å². The van der Waals surface area contributed by atoms with Gasteiger partial charge in [-0.1, -0.05) is 29.8 Å². The highest BCUT2D eigenvalue weighted by Crippen LogP contribution is 2.10. The summed E-state index contributed by atoms with van der Waals surface area (Å²) in [5, 5.41) is 3.82. The zero-order valence-corrected chi connectivity index (χ0v) is 16.1. The lowest BCUT2D eigenvalue weighted by atomic mass is 10.1. The third-order valence-electron chi connectivity index (χ3n) is 4.71. The number of rotatable bonds is 5. The van der Waals surface area contributed by atoms with E-state index in [2.05, 4.69) is 41.2 Å². The minimum absolute atomic E-state index is 0.00197. The highest BCUT2D eigenvalue weighted by atomic mass is 16.5. The van der Waals surface area contributed by atoms with Gasteiger partial charge in [0.1, 0.15) is 0 Å². The second-order valence-electron chi connectivity index (χ2n) is 6.90. The van der Waals surface area contributed by atoms with Crippen LogP contribution in [0.25, 0.3) is 0 Å². The van der Waals surface area contributed by atoms with Crippen LogP contribution < -0.4 is 5.56 Å². The molecule has 1 aliphatic heterocycles. The number of nitrogens with zero attached hydrogens (tertiary/aromatic N) is 4. The van der Waals surface area contributed by atoms with Gasteiger partial charge in [0.05, 0.1) is 0 Å². The number of hydrogen-bond donors (Lipinski definition) is 0. The van der Waals surface area contributed by atoms with Crippen LogP contribution in [0.2, 0.25) is 0 Å². The van der Waals surface area contributed by atoms with Crippen LogP contribution in [0.3, 0.4) is 0 Å². The average Bonchev–Trinajstić information content (AvgIpc) is 2.68. The third kappa shape index (κ3) is 5.04. The number of amides is 1. The topological polar surface area (TPSA) is 84.7 Å². The Balaban J connectivity index is 1.45. The van der Waals surface area contributed by atoms with Crippen molar-refractivity contribution in [2.24, 2.45) is 7.05 Å². The summed E-state index contributed by atoms with van der Waals surface area (Å²) < 4.78 is 6.10. The molecule has 28 heavy (non-hydrogen) atoms. The highest BCUT2D eigenvalue weighted by molar-refractivity contribution is 5.89. The molecule has 1 aliphatic rings. The Kier molecular flexibility index (Phi) is 6.20. The van der Waals surface area contributed by atoms with Crippen LogP contribution in [0.5, 0.6) is 0 Å². The van der Waals surface area contributed by atoms with Crippen molar-refractivity contribution in [1.82, 2.24) is 19.6 Å². The third-order valence-corrected chi connectivity index (χ3v) is 4.71. The predicted molar refractivity (Wildman–Crippen MR) is 103 cm³/mol. The van der Waals surface area contributed by atoms with Crippen LogP contribution in [0.1, 0.15) is 21.6 Å². The van der Waals surface area contributed by atoms with Gasteiger partial charge < -0.3 is 9.64 Å². The Bertz CT molecular complexity index is 916. The molecule has 0 radical (unpaired) electrons. The molecule has 0 unspecified atom stereocenters. The lowest BCUT2D eigenvalue weighted by Gasteiger charge is -2.34. The van der Waals surface area contributed by atoms with Crippen molar-refractivity contribution < 1.29 is 14.3 Å². The van der Waals surface area contributed by atoms with Gasteiger partial charge in [-0.25, -0.2) is 9.48 Å². The molecule has 2 heterocycles. The smallest absolute Gasteiger partial charge is 0.359 e. The van der Waals surface area contributed by atoms with Gasteiger partial charge in [0.15, 0.2) is 12.3 Å². The van der Waals surface area contributed by atoms with Crippen molar-refractivity contribution >= 4 is 11.9 Å². The van der Waals surface area contributed by atoms with Gasteiger partial charge >= 0.3 is 5.97 Å². The number of hydrogen-bond acceptors (Lipinski definition) is 6. The normalized spacial score (nSPS) is 14.7. The van der Waals surface area contributed by atoms with Crippen LogP contribution in [-0.4, -0.2) is 64.2 Å². The van der Waals surface area contributed by atoms with Gasteiger partial charge in [-0.3, -0.25) is 14.5 Å². The number of carbonyl (C=O) groups excluding carboxylic acids is 2. The Morgan fingerprint density at radius 2 is 1.86 bits per heavy atom. The molecule has 0 spiro atoms. The lowest BCUT2D eigenvalue weighted by Crippen LogP contribution is -2.49. The van der Waals surface area contributed by atoms with E-state index in [9.17, 15) is 14.4 Å². The van der Waals surface area contributed by atoms with E-state index in [1.165, 1.54) is 30.3 Å². The molecule has 0 atom stereocenters. The molecule has 0 saturated carbocycles. The van der Waals surface area contributed by atoms with Crippen molar-refractivity contribution in [2.45, 2.75) is 13.5 Å². The Hall–Kier alpha value is -3.00. The maximum Gasteiger partial charge on any atom is 0.359 e. The van der Waals surface area contributed by atoms with Crippen molar-refractivity contribution in [3.05, 3.63) is 63.6 Å². The molecule has 1 fully saturated rings. The number of aromatic nitrogens is 2. The predicted octanol–water partition coefficient (Wildman–Crippen LogP) is 0.590. The van der Waals surface area contributed by atoms with Crippen molar-refractivity contribution in [2.75, 3.05) is 32.8 Å². The highest BCUT2D eigenvalue weighted by Gasteiger charge is 2.22. The van der Waals surface area contributed by atoms with E-state index in [0.29, 0.717) is 13.1 Å². The molecule has 0 aliphatic carbocycles. The van der Waals surface area contributed by atoms with Gasteiger partial charge in [-0.2, -0.15) is 5.10 Å².